The number of benzene rings is 2. The molecule has 2 rings (SSSR count). The summed E-state index contributed by atoms with van der Waals surface area (Å²) in [5, 5.41) is 11.6. The lowest BCUT2D eigenvalue weighted by atomic mass is 10.2. The first-order chi connectivity index (χ1) is 12.0. The van der Waals surface area contributed by atoms with E-state index in [-0.39, 0.29) is 10.5 Å². The predicted octanol–water partition coefficient (Wildman–Crippen LogP) is 2.89. The number of amides is 1. The fourth-order valence-corrected chi connectivity index (χ4v) is 3.26. The van der Waals surface area contributed by atoms with Gasteiger partial charge in [-0.3, -0.25) is 4.79 Å². The number of hydrogen-bond donors (Lipinski definition) is 2. The summed E-state index contributed by atoms with van der Waals surface area (Å²) in [5.41, 5.74) is 1.12. The van der Waals surface area contributed by atoms with Gasteiger partial charge in [-0.15, -0.1) is 0 Å². The molecule has 1 amide bonds. The summed E-state index contributed by atoms with van der Waals surface area (Å²) >= 11 is 0. The Kier molecular flexibility index (Phi) is 6.28. The van der Waals surface area contributed by atoms with Gasteiger partial charge in [0, 0.05) is 17.8 Å². The molecule has 0 unspecified atom stereocenters. The van der Waals surface area contributed by atoms with Crippen LogP contribution >= 0.6 is 0 Å². The Morgan fingerprint density at radius 3 is 2.64 bits per heavy atom. The van der Waals surface area contributed by atoms with Crippen molar-refractivity contribution >= 4 is 21.6 Å². The SMILES string of the molecule is CCCCNS(=O)(=O)c1cccc(C(=O)Nc2cccc(C#N)c2)c1. The lowest BCUT2D eigenvalue weighted by Crippen LogP contribution is -2.25. The molecule has 2 aromatic carbocycles. The maximum atomic E-state index is 12.3. The van der Waals surface area contributed by atoms with Crippen molar-refractivity contribution in [2.24, 2.45) is 0 Å². The topological polar surface area (TPSA) is 99.1 Å². The molecule has 0 aromatic heterocycles. The van der Waals surface area contributed by atoms with E-state index in [4.69, 9.17) is 5.26 Å². The molecular weight excluding hydrogens is 338 g/mol. The highest BCUT2D eigenvalue weighted by molar-refractivity contribution is 7.89. The molecule has 7 heteroatoms. The molecule has 0 fully saturated rings. The largest absolute Gasteiger partial charge is 0.322 e. The second-order valence-corrected chi connectivity index (χ2v) is 7.19. The van der Waals surface area contributed by atoms with E-state index >= 15 is 0 Å². The minimum Gasteiger partial charge on any atom is -0.322 e. The third-order valence-corrected chi connectivity index (χ3v) is 4.94. The number of nitrogens with one attached hydrogen (secondary N) is 2. The van der Waals surface area contributed by atoms with Crippen molar-refractivity contribution in [2.45, 2.75) is 24.7 Å². The van der Waals surface area contributed by atoms with Crippen LogP contribution in [0, 0.1) is 11.3 Å². The third-order valence-electron chi connectivity index (χ3n) is 3.48. The number of sulfonamides is 1. The van der Waals surface area contributed by atoms with E-state index in [0.29, 0.717) is 17.8 Å². The third kappa shape index (κ3) is 5.14. The van der Waals surface area contributed by atoms with E-state index in [9.17, 15) is 13.2 Å². The van der Waals surface area contributed by atoms with Gasteiger partial charge in [-0.25, -0.2) is 13.1 Å². The van der Waals surface area contributed by atoms with Crippen molar-refractivity contribution in [2.75, 3.05) is 11.9 Å². The predicted molar refractivity (Wildman–Crippen MR) is 95.6 cm³/mol. The molecule has 0 radical (unpaired) electrons. The quantitative estimate of drug-likeness (QED) is 0.744. The molecule has 0 aliphatic heterocycles. The van der Waals surface area contributed by atoms with Crippen LogP contribution in [0.1, 0.15) is 35.7 Å². The summed E-state index contributed by atoms with van der Waals surface area (Å²) < 4.78 is 27.0. The van der Waals surface area contributed by atoms with E-state index in [1.807, 2.05) is 13.0 Å². The van der Waals surface area contributed by atoms with E-state index in [2.05, 4.69) is 10.0 Å². The lowest BCUT2D eigenvalue weighted by molar-refractivity contribution is 0.102. The Morgan fingerprint density at radius 2 is 1.92 bits per heavy atom. The Labute approximate surface area is 147 Å². The minimum atomic E-state index is -3.65. The minimum absolute atomic E-state index is 0.0435. The lowest BCUT2D eigenvalue weighted by Gasteiger charge is -2.09. The van der Waals surface area contributed by atoms with Crippen LogP contribution in [0.3, 0.4) is 0 Å². The van der Waals surface area contributed by atoms with Crippen molar-refractivity contribution in [3.8, 4) is 6.07 Å². The maximum absolute atomic E-state index is 12.3. The molecule has 0 aliphatic carbocycles. The van der Waals surface area contributed by atoms with Gasteiger partial charge in [0.1, 0.15) is 0 Å². The second-order valence-electron chi connectivity index (χ2n) is 5.43. The van der Waals surface area contributed by atoms with Gasteiger partial charge < -0.3 is 5.32 Å². The van der Waals surface area contributed by atoms with Gasteiger partial charge in [-0.1, -0.05) is 25.5 Å². The van der Waals surface area contributed by atoms with Crippen LogP contribution in [0.25, 0.3) is 0 Å². The summed E-state index contributed by atoms with van der Waals surface area (Å²) in [6.45, 7) is 2.33. The van der Waals surface area contributed by atoms with E-state index in [0.717, 1.165) is 12.8 Å². The van der Waals surface area contributed by atoms with Crippen molar-refractivity contribution in [3.63, 3.8) is 0 Å². The Balaban J connectivity index is 2.17. The molecule has 130 valence electrons. The van der Waals surface area contributed by atoms with Crippen molar-refractivity contribution in [1.82, 2.24) is 4.72 Å². The van der Waals surface area contributed by atoms with Crippen LogP contribution in [0.4, 0.5) is 5.69 Å². The Morgan fingerprint density at radius 1 is 1.16 bits per heavy atom. The van der Waals surface area contributed by atoms with Crippen LogP contribution in [0.2, 0.25) is 0 Å². The van der Waals surface area contributed by atoms with Gasteiger partial charge in [0.15, 0.2) is 0 Å². The highest BCUT2D eigenvalue weighted by Crippen LogP contribution is 2.15. The van der Waals surface area contributed by atoms with Crippen molar-refractivity contribution in [1.29, 1.82) is 5.26 Å². The van der Waals surface area contributed by atoms with Crippen molar-refractivity contribution in [3.05, 3.63) is 59.7 Å². The highest BCUT2D eigenvalue weighted by atomic mass is 32.2. The number of anilines is 1. The Hall–Kier alpha value is -2.69. The first-order valence-corrected chi connectivity index (χ1v) is 9.36. The average Bonchev–Trinajstić information content (AvgIpc) is 2.62. The molecule has 2 N–H and O–H groups in total. The van der Waals surface area contributed by atoms with Crippen LogP contribution < -0.4 is 10.0 Å². The average molecular weight is 357 g/mol. The number of rotatable bonds is 7. The number of carbonyl (C=O) groups is 1. The molecule has 0 heterocycles. The molecule has 25 heavy (non-hydrogen) atoms. The molecule has 0 bridgehead atoms. The monoisotopic (exact) mass is 357 g/mol. The van der Waals surface area contributed by atoms with Crippen LogP contribution in [0.5, 0.6) is 0 Å². The smallest absolute Gasteiger partial charge is 0.255 e. The molecule has 2 aromatic rings. The van der Waals surface area contributed by atoms with Gasteiger partial charge in [0.25, 0.3) is 5.91 Å². The number of nitrogens with zero attached hydrogens (tertiary/aromatic N) is 1. The maximum Gasteiger partial charge on any atom is 0.255 e. The van der Waals surface area contributed by atoms with Crippen LogP contribution in [-0.2, 0) is 10.0 Å². The first-order valence-electron chi connectivity index (χ1n) is 7.87. The summed E-state index contributed by atoms with van der Waals surface area (Å²) in [6, 6.07) is 14.3. The summed E-state index contributed by atoms with van der Waals surface area (Å²) in [4.78, 5) is 12.4. The van der Waals surface area contributed by atoms with Gasteiger partial charge in [-0.05, 0) is 42.8 Å². The van der Waals surface area contributed by atoms with Gasteiger partial charge in [-0.2, -0.15) is 5.26 Å². The molecule has 6 nitrogen and oxygen atoms in total. The number of carbonyl (C=O) groups excluding carboxylic acids is 1. The van der Waals surface area contributed by atoms with E-state index in [1.54, 1.807) is 24.3 Å². The number of unbranched alkanes of at least 4 members (excludes halogenated alkanes) is 1. The summed E-state index contributed by atoms with van der Waals surface area (Å²) in [5.74, 6) is -0.444. The molecule has 0 atom stereocenters. The molecule has 0 saturated carbocycles. The first kappa shape index (κ1) is 18.6. The molecule has 0 spiro atoms. The fraction of sp³-hybridized carbons (Fsp3) is 0.222. The van der Waals surface area contributed by atoms with Gasteiger partial charge in [0.05, 0.1) is 16.5 Å². The van der Waals surface area contributed by atoms with E-state index in [1.165, 1.54) is 24.3 Å². The van der Waals surface area contributed by atoms with Crippen molar-refractivity contribution < 1.29 is 13.2 Å². The normalized spacial score (nSPS) is 10.9. The highest BCUT2D eigenvalue weighted by Gasteiger charge is 2.16. The number of nitriles is 1. The zero-order valence-electron chi connectivity index (χ0n) is 13.8. The van der Waals surface area contributed by atoms with E-state index < -0.39 is 15.9 Å². The molecular formula is C18H19N3O3S. The fourth-order valence-electron chi connectivity index (χ4n) is 2.14. The van der Waals surface area contributed by atoms with Gasteiger partial charge in [0.2, 0.25) is 10.0 Å². The standard InChI is InChI=1S/C18H19N3O3S/c1-2-3-10-20-25(23,24)17-9-5-7-15(12-17)18(22)21-16-8-4-6-14(11-16)13-19/h4-9,11-12,20H,2-3,10H2,1H3,(H,21,22). The summed E-state index contributed by atoms with van der Waals surface area (Å²) in [6.07, 6.45) is 1.63. The zero-order chi connectivity index (χ0) is 18.3. The van der Waals surface area contributed by atoms with Crippen LogP contribution in [-0.4, -0.2) is 20.9 Å². The second kappa shape index (κ2) is 8.42. The molecule has 0 saturated heterocycles. The molecule has 0 aliphatic rings. The van der Waals surface area contributed by atoms with Gasteiger partial charge >= 0.3 is 0 Å². The number of hydrogen-bond acceptors (Lipinski definition) is 4. The van der Waals surface area contributed by atoms with Crippen LogP contribution in [0.15, 0.2) is 53.4 Å². The summed E-state index contributed by atoms with van der Waals surface area (Å²) in [7, 11) is -3.65. The Bertz CT molecular complexity index is 902. The zero-order valence-corrected chi connectivity index (χ0v) is 14.6.